The first-order valence-corrected chi connectivity index (χ1v) is 7.31. The van der Waals surface area contributed by atoms with Crippen molar-refractivity contribution < 1.29 is 14.3 Å². The van der Waals surface area contributed by atoms with Gasteiger partial charge in [-0.25, -0.2) is 4.79 Å². The molecule has 1 heterocycles. The van der Waals surface area contributed by atoms with Gasteiger partial charge in [-0.3, -0.25) is 10.1 Å². The molecule has 5 nitrogen and oxygen atoms in total. The number of rotatable bonds is 5. The molecule has 114 valence electrons. The predicted molar refractivity (Wildman–Crippen MR) is 79.6 cm³/mol. The van der Waals surface area contributed by atoms with E-state index in [4.69, 9.17) is 4.74 Å². The summed E-state index contributed by atoms with van der Waals surface area (Å²) >= 11 is 0. The predicted octanol–water partition coefficient (Wildman–Crippen LogP) is 1.50. The maximum atomic E-state index is 12.3. The van der Waals surface area contributed by atoms with Crippen molar-refractivity contribution in [3.05, 3.63) is 35.9 Å². The van der Waals surface area contributed by atoms with Crippen LogP contribution in [0.15, 0.2) is 30.3 Å². The molecule has 2 atom stereocenters. The lowest BCUT2D eigenvalue weighted by atomic mass is 10.1. The van der Waals surface area contributed by atoms with Crippen molar-refractivity contribution in [2.45, 2.75) is 31.8 Å². The summed E-state index contributed by atoms with van der Waals surface area (Å²) in [5.41, 5.74) is 0.797. The number of methoxy groups -OCH3 is 1. The summed E-state index contributed by atoms with van der Waals surface area (Å²) in [7, 11) is 1.35. The Hall–Kier alpha value is -1.88. The van der Waals surface area contributed by atoms with Gasteiger partial charge in [0.15, 0.2) is 0 Å². The molecule has 21 heavy (non-hydrogen) atoms. The minimum Gasteiger partial charge on any atom is -0.468 e. The van der Waals surface area contributed by atoms with Crippen molar-refractivity contribution in [2.75, 3.05) is 20.2 Å². The highest BCUT2D eigenvalue weighted by Gasteiger charge is 2.29. The van der Waals surface area contributed by atoms with Crippen molar-refractivity contribution in [3.8, 4) is 0 Å². The fourth-order valence-corrected chi connectivity index (χ4v) is 2.60. The van der Waals surface area contributed by atoms with Gasteiger partial charge in [0.05, 0.1) is 13.2 Å². The van der Waals surface area contributed by atoms with E-state index in [1.54, 1.807) is 6.92 Å². The summed E-state index contributed by atoms with van der Waals surface area (Å²) < 4.78 is 4.85. The van der Waals surface area contributed by atoms with Crippen LogP contribution in [0.1, 0.15) is 31.4 Å². The summed E-state index contributed by atoms with van der Waals surface area (Å²) in [6, 6.07) is 8.25. The minimum atomic E-state index is -0.627. The molecule has 0 bridgehead atoms. The lowest BCUT2D eigenvalue weighted by Crippen LogP contribution is -2.46. The second-order valence-corrected chi connectivity index (χ2v) is 5.29. The molecule has 1 aliphatic rings. The molecule has 1 N–H and O–H groups in total. The van der Waals surface area contributed by atoms with Gasteiger partial charge in [0.2, 0.25) is 5.91 Å². The van der Waals surface area contributed by atoms with Crippen LogP contribution in [0.3, 0.4) is 0 Å². The van der Waals surface area contributed by atoms with Crippen molar-refractivity contribution in [1.29, 1.82) is 0 Å². The van der Waals surface area contributed by atoms with Crippen LogP contribution in [0.5, 0.6) is 0 Å². The summed E-state index contributed by atoms with van der Waals surface area (Å²) in [4.78, 5) is 26.2. The van der Waals surface area contributed by atoms with Crippen LogP contribution in [0, 0.1) is 0 Å². The number of carbonyl (C=O) groups is 2. The van der Waals surface area contributed by atoms with Gasteiger partial charge < -0.3 is 9.64 Å². The van der Waals surface area contributed by atoms with Crippen molar-refractivity contribution in [3.63, 3.8) is 0 Å². The lowest BCUT2D eigenvalue weighted by Gasteiger charge is -2.25. The van der Waals surface area contributed by atoms with E-state index in [0.29, 0.717) is 0 Å². The van der Waals surface area contributed by atoms with E-state index in [-0.39, 0.29) is 11.9 Å². The average Bonchev–Trinajstić information content (AvgIpc) is 3.06. The van der Waals surface area contributed by atoms with Crippen LogP contribution in [0.4, 0.5) is 0 Å². The molecular formula is C16H22N2O3. The number of hydrogen-bond acceptors (Lipinski definition) is 4. The topological polar surface area (TPSA) is 58.6 Å². The third kappa shape index (κ3) is 3.82. The molecule has 1 aromatic carbocycles. The number of amides is 1. The Morgan fingerprint density at radius 3 is 2.38 bits per heavy atom. The Morgan fingerprint density at radius 1 is 1.19 bits per heavy atom. The van der Waals surface area contributed by atoms with E-state index in [9.17, 15) is 9.59 Å². The summed E-state index contributed by atoms with van der Waals surface area (Å²) in [5.74, 6) is -0.348. The molecule has 0 radical (unpaired) electrons. The van der Waals surface area contributed by atoms with Crippen LogP contribution < -0.4 is 5.32 Å². The minimum absolute atomic E-state index is 0.0392. The van der Waals surface area contributed by atoms with Crippen LogP contribution in [0.25, 0.3) is 0 Å². The monoisotopic (exact) mass is 290 g/mol. The SMILES string of the molecule is COC(=O)C(NC(C)C(=O)N1CCCC1)c1ccccc1. The molecule has 0 aromatic heterocycles. The molecule has 1 amide bonds. The van der Waals surface area contributed by atoms with Gasteiger partial charge in [0.1, 0.15) is 6.04 Å². The molecule has 0 aliphatic carbocycles. The molecule has 2 rings (SSSR count). The van der Waals surface area contributed by atoms with Gasteiger partial charge in [-0.1, -0.05) is 30.3 Å². The zero-order chi connectivity index (χ0) is 15.2. The Balaban J connectivity index is 2.08. The van der Waals surface area contributed by atoms with Gasteiger partial charge in [-0.05, 0) is 25.3 Å². The largest absolute Gasteiger partial charge is 0.468 e. The Kier molecular flexibility index (Phi) is 5.33. The fourth-order valence-electron chi connectivity index (χ4n) is 2.60. The molecule has 0 saturated carbocycles. The van der Waals surface area contributed by atoms with E-state index in [1.807, 2.05) is 35.2 Å². The molecule has 5 heteroatoms. The van der Waals surface area contributed by atoms with E-state index in [0.717, 1.165) is 31.5 Å². The van der Waals surface area contributed by atoms with Crippen molar-refractivity contribution in [2.24, 2.45) is 0 Å². The lowest BCUT2D eigenvalue weighted by molar-refractivity contribution is -0.144. The number of esters is 1. The Morgan fingerprint density at radius 2 is 1.81 bits per heavy atom. The van der Waals surface area contributed by atoms with Gasteiger partial charge in [-0.2, -0.15) is 0 Å². The number of benzene rings is 1. The maximum Gasteiger partial charge on any atom is 0.327 e. The van der Waals surface area contributed by atoms with Crippen LogP contribution >= 0.6 is 0 Å². The third-order valence-electron chi connectivity index (χ3n) is 3.77. The number of nitrogens with zero attached hydrogens (tertiary/aromatic N) is 1. The Labute approximate surface area is 125 Å². The summed E-state index contributed by atoms with van der Waals surface area (Å²) in [5, 5.41) is 3.09. The maximum absolute atomic E-state index is 12.3. The summed E-state index contributed by atoms with van der Waals surface area (Å²) in [6.07, 6.45) is 2.11. The van der Waals surface area contributed by atoms with Crippen LogP contribution in [-0.4, -0.2) is 43.0 Å². The fraction of sp³-hybridized carbons (Fsp3) is 0.500. The number of ether oxygens (including phenoxy) is 1. The highest BCUT2D eigenvalue weighted by molar-refractivity contribution is 5.83. The molecule has 0 spiro atoms. The quantitative estimate of drug-likeness (QED) is 0.835. The molecule has 1 fully saturated rings. The van der Waals surface area contributed by atoms with E-state index in [1.165, 1.54) is 7.11 Å². The van der Waals surface area contributed by atoms with Gasteiger partial charge in [-0.15, -0.1) is 0 Å². The second kappa shape index (κ2) is 7.22. The van der Waals surface area contributed by atoms with E-state index in [2.05, 4.69) is 5.32 Å². The number of nitrogens with one attached hydrogen (secondary N) is 1. The highest BCUT2D eigenvalue weighted by Crippen LogP contribution is 2.16. The highest BCUT2D eigenvalue weighted by atomic mass is 16.5. The van der Waals surface area contributed by atoms with Crippen molar-refractivity contribution >= 4 is 11.9 Å². The number of likely N-dealkylation sites (tertiary alicyclic amines) is 1. The van der Waals surface area contributed by atoms with Crippen molar-refractivity contribution in [1.82, 2.24) is 10.2 Å². The summed E-state index contributed by atoms with van der Waals surface area (Å²) in [6.45, 7) is 3.40. The standard InChI is InChI=1S/C16H22N2O3/c1-12(15(19)18-10-6-7-11-18)17-14(16(20)21-2)13-8-4-3-5-9-13/h3-5,8-9,12,14,17H,6-7,10-11H2,1-2H3. The van der Waals surface area contributed by atoms with E-state index >= 15 is 0 Å². The smallest absolute Gasteiger partial charge is 0.327 e. The molecule has 1 saturated heterocycles. The molecule has 1 aliphatic heterocycles. The van der Waals surface area contributed by atoms with Gasteiger partial charge in [0.25, 0.3) is 0 Å². The molecular weight excluding hydrogens is 268 g/mol. The second-order valence-electron chi connectivity index (χ2n) is 5.29. The average molecular weight is 290 g/mol. The number of hydrogen-bond donors (Lipinski definition) is 1. The normalized spacial score (nSPS) is 17.3. The first-order chi connectivity index (χ1) is 10.1. The Bertz CT molecular complexity index is 484. The third-order valence-corrected chi connectivity index (χ3v) is 3.77. The molecule has 2 unspecified atom stereocenters. The first kappa shape index (κ1) is 15.5. The van der Waals surface area contributed by atoms with Gasteiger partial charge >= 0.3 is 5.97 Å². The number of carbonyl (C=O) groups excluding carboxylic acids is 2. The molecule has 1 aromatic rings. The zero-order valence-corrected chi connectivity index (χ0v) is 12.5. The van der Waals surface area contributed by atoms with Crippen LogP contribution in [-0.2, 0) is 14.3 Å². The first-order valence-electron chi connectivity index (χ1n) is 7.31. The van der Waals surface area contributed by atoms with Crippen LogP contribution in [0.2, 0.25) is 0 Å². The zero-order valence-electron chi connectivity index (χ0n) is 12.5. The van der Waals surface area contributed by atoms with Gasteiger partial charge in [0, 0.05) is 13.1 Å². The van der Waals surface area contributed by atoms with E-state index < -0.39 is 12.1 Å².